The van der Waals surface area contributed by atoms with Gasteiger partial charge in [0.1, 0.15) is 11.5 Å². The third kappa shape index (κ3) is 3.80. The maximum Gasteiger partial charge on any atom is 0.347 e. The highest BCUT2D eigenvalue weighted by Gasteiger charge is 2.28. The van der Waals surface area contributed by atoms with E-state index in [1.807, 2.05) is 24.3 Å². The van der Waals surface area contributed by atoms with Crippen molar-refractivity contribution in [1.82, 2.24) is 0 Å². The van der Waals surface area contributed by atoms with Crippen LogP contribution in [-0.2, 0) is 9.53 Å². The number of benzene rings is 2. The van der Waals surface area contributed by atoms with Gasteiger partial charge in [-0.15, -0.1) is 0 Å². The van der Waals surface area contributed by atoms with Gasteiger partial charge in [-0.1, -0.05) is 34.1 Å². The van der Waals surface area contributed by atoms with Crippen molar-refractivity contribution in [2.75, 3.05) is 6.61 Å². The zero-order chi connectivity index (χ0) is 18.7. The second kappa shape index (κ2) is 7.74. The van der Waals surface area contributed by atoms with Crippen molar-refractivity contribution in [1.29, 1.82) is 0 Å². The summed E-state index contributed by atoms with van der Waals surface area (Å²) in [6.07, 6.45) is 0.939. The van der Waals surface area contributed by atoms with Crippen LogP contribution in [0.2, 0.25) is 0 Å². The molecule has 1 heterocycles. The van der Waals surface area contributed by atoms with Gasteiger partial charge in [0.25, 0.3) is 0 Å². The van der Waals surface area contributed by atoms with Gasteiger partial charge in [0, 0.05) is 10.5 Å². The Hall–Kier alpha value is -2.60. The number of fused-ring (bicyclic) bond motifs is 1. The number of carbonyl (C=O) groups excluding carboxylic acids is 2. The lowest BCUT2D eigenvalue weighted by Gasteiger charge is -2.13. The molecule has 2 aromatic carbocycles. The fraction of sp³-hybridized carbons (Fsp3) is 0.200. The molecular weight excluding hydrogens is 400 g/mol. The summed E-state index contributed by atoms with van der Waals surface area (Å²) in [5.74, 6) is 0.434. The second-order valence-electron chi connectivity index (χ2n) is 5.63. The SMILES string of the molecule is CCOC(=O)[C@@H](C)Oc1ccc2c(c1)OC(=Cc1ccccc1Br)C2=O. The minimum absolute atomic E-state index is 0.194. The number of rotatable bonds is 5. The monoisotopic (exact) mass is 416 g/mol. The average Bonchev–Trinajstić information content (AvgIpc) is 2.92. The summed E-state index contributed by atoms with van der Waals surface area (Å²) >= 11 is 3.45. The Morgan fingerprint density at radius 3 is 2.77 bits per heavy atom. The Morgan fingerprint density at radius 1 is 1.27 bits per heavy atom. The highest BCUT2D eigenvalue weighted by atomic mass is 79.9. The van der Waals surface area contributed by atoms with E-state index in [1.165, 1.54) is 0 Å². The van der Waals surface area contributed by atoms with Gasteiger partial charge >= 0.3 is 5.97 Å². The van der Waals surface area contributed by atoms with Crippen LogP contribution in [0.25, 0.3) is 6.08 Å². The largest absolute Gasteiger partial charge is 0.479 e. The Kier molecular flexibility index (Phi) is 5.42. The molecule has 6 heteroatoms. The number of hydrogen-bond acceptors (Lipinski definition) is 5. The molecular formula is C20H17BrO5. The number of carbonyl (C=O) groups is 2. The lowest BCUT2D eigenvalue weighted by Crippen LogP contribution is -2.26. The van der Waals surface area contributed by atoms with Crippen molar-refractivity contribution in [2.45, 2.75) is 20.0 Å². The summed E-state index contributed by atoms with van der Waals surface area (Å²) < 4.78 is 17.1. The Morgan fingerprint density at radius 2 is 2.04 bits per heavy atom. The van der Waals surface area contributed by atoms with Crippen molar-refractivity contribution in [3.05, 3.63) is 63.8 Å². The zero-order valence-corrected chi connectivity index (χ0v) is 15.9. The number of Topliss-reactive ketones (excluding diaryl/α,β-unsaturated/α-hetero) is 1. The maximum atomic E-state index is 12.5. The molecule has 1 aliphatic rings. The van der Waals surface area contributed by atoms with E-state index in [0.29, 0.717) is 17.1 Å². The molecule has 0 bridgehead atoms. The number of halogens is 1. The van der Waals surface area contributed by atoms with Crippen LogP contribution >= 0.6 is 15.9 Å². The lowest BCUT2D eigenvalue weighted by atomic mass is 10.1. The van der Waals surface area contributed by atoms with Gasteiger partial charge in [-0.3, -0.25) is 4.79 Å². The van der Waals surface area contributed by atoms with Crippen molar-refractivity contribution in [2.24, 2.45) is 0 Å². The molecule has 134 valence electrons. The van der Waals surface area contributed by atoms with Gasteiger partial charge in [0.15, 0.2) is 11.9 Å². The predicted octanol–water partition coefficient (Wildman–Crippen LogP) is 4.40. The standard InChI is InChI=1S/C20H17BrO5/c1-3-24-20(23)12(2)25-14-8-9-15-17(11-14)26-18(19(15)22)10-13-6-4-5-7-16(13)21/h4-12H,3H2,1-2H3/t12-/m1/s1. The summed E-state index contributed by atoms with van der Waals surface area (Å²) in [5.41, 5.74) is 1.30. The Bertz CT molecular complexity index is 888. The second-order valence-corrected chi connectivity index (χ2v) is 6.49. The first-order valence-electron chi connectivity index (χ1n) is 8.15. The average molecular weight is 417 g/mol. The van der Waals surface area contributed by atoms with Gasteiger partial charge in [-0.05, 0) is 43.7 Å². The van der Waals surface area contributed by atoms with Crippen molar-refractivity contribution >= 4 is 33.8 Å². The highest BCUT2D eigenvalue weighted by Crippen LogP contribution is 2.35. The summed E-state index contributed by atoms with van der Waals surface area (Å²) in [7, 11) is 0. The molecule has 0 saturated carbocycles. The van der Waals surface area contributed by atoms with Crippen LogP contribution in [0.4, 0.5) is 0 Å². The first-order valence-corrected chi connectivity index (χ1v) is 8.95. The molecule has 0 saturated heterocycles. The topological polar surface area (TPSA) is 61.8 Å². The molecule has 0 unspecified atom stereocenters. The van der Waals surface area contributed by atoms with Crippen LogP contribution in [0.15, 0.2) is 52.7 Å². The zero-order valence-electron chi connectivity index (χ0n) is 14.3. The fourth-order valence-corrected chi connectivity index (χ4v) is 2.89. The molecule has 0 aliphatic carbocycles. The molecule has 0 spiro atoms. The van der Waals surface area contributed by atoms with E-state index in [9.17, 15) is 9.59 Å². The minimum atomic E-state index is -0.750. The maximum absolute atomic E-state index is 12.5. The van der Waals surface area contributed by atoms with E-state index < -0.39 is 12.1 Å². The lowest BCUT2D eigenvalue weighted by molar-refractivity contribution is -0.150. The molecule has 0 radical (unpaired) electrons. The van der Waals surface area contributed by atoms with Crippen LogP contribution in [0, 0.1) is 0 Å². The van der Waals surface area contributed by atoms with E-state index in [2.05, 4.69) is 15.9 Å². The quantitative estimate of drug-likeness (QED) is 0.533. The van der Waals surface area contributed by atoms with E-state index in [4.69, 9.17) is 14.2 Å². The van der Waals surface area contributed by atoms with E-state index in [0.717, 1.165) is 10.0 Å². The first kappa shape index (κ1) is 18.2. The number of ketones is 1. The molecule has 0 aromatic heterocycles. The van der Waals surface area contributed by atoms with Gasteiger partial charge in [-0.2, -0.15) is 0 Å². The fourth-order valence-electron chi connectivity index (χ4n) is 2.49. The van der Waals surface area contributed by atoms with E-state index in [1.54, 1.807) is 38.1 Å². The number of hydrogen-bond donors (Lipinski definition) is 0. The third-order valence-corrected chi connectivity index (χ3v) is 4.49. The molecule has 0 N–H and O–H groups in total. The van der Waals surface area contributed by atoms with Gasteiger partial charge in [-0.25, -0.2) is 4.79 Å². The Balaban J connectivity index is 1.80. The third-order valence-electron chi connectivity index (χ3n) is 3.76. The molecule has 2 aromatic rings. The molecule has 0 fully saturated rings. The van der Waals surface area contributed by atoms with Gasteiger partial charge in [0.05, 0.1) is 12.2 Å². The predicted molar refractivity (Wildman–Crippen MR) is 100 cm³/mol. The molecule has 3 rings (SSSR count). The first-order chi connectivity index (χ1) is 12.5. The summed E-state index contributed by atoms with van der Waals surface area (Å²) in [5, 5.41) is 0. The van der Waals surface area contributed by atoms with E-state index in [-0.39, 0.29) is 18.1 Å². The van der Waals surface area contributed by atoms with Crippen LogP contribution < -0.4 is 9.47 Å². The summed E-state index contributed by atoms with van der Waals surface area (Å²) in [6, 6.07) is 12.4. The van der Waals surface area contributed by atoms with Crippen molar-refractivity contribution in [3.63, 3.8) is 0 Å². The van der Waals surface area contributed by atoms with Crippen molar-refractivity contribution in [3.8, 4) is 11.5 Å². The van der Waals surface area contributed by atoms with Gasteiger partial charge < -0.3 is 14.2 Å². The minimum Gasteiger partial charge on any atom is -0.479 e. The van der Waals surface area contributed by atoms with Gasteiger partial charge in [0.2, 0.25) is 5.78 Å². The number of ether oxygens (including phenoxy) is 3. The molecule has 5 nitrogen and oxygen atoms in total. The van der Waals surface area contributed by atoms with Crippen LogP contribution in [0.3, 0.4) is 0 Å². The smallest absolute Gasteiger partial charge is 0.347 e. The highest BCUT2D eigenvalue weighted by molar-refractivity contribution is 9.10. The normalized spacial score (nSPS) is 15.3. The molecule has 1 aliphatic heterocycles. The molecule has 1 atom stereocenters. The van der Waals surface area contributed by atoms with Crippen LogP contribution in [-0.4, -0.2) is 24.5 Å². The molecule has 0 amide bonds. The molecule has 26 heavy (non-hydrogen) atoms. The number of esters is 1. The summed E-state index contributed by atoms with van der Waals surface area (Å²) in [4.78, 5) is 24.2. The summed E-state index contributed by atoms with van der Waals surface area (Å²) in [6.45, 7) is 3.63. The number of allylic oxidation sites excluding steroid dienone is 1. The van der Waals surface area contributed by atoms with E-state index >= 15 is 0 Å². The van der Waals surface area contributed by atoms with Crippen molar-refractivity contribution < 1.29 is 23.8 Å². The van der Waals surface area contributed by atoms with Crippen LogP contribution in [0.1, 0.15) is 29.8 Å². The Labute approximate surface area is 159 Å². The van der Waals surface area contributed by atoms with Crippen LogP contribution in [0.5, 0.6) is 11.5 Å².